The Balaban J connectivity index is 1.88. The van der Waals surface area contributed by atoms with Gasteiger partial charge in [-0.25, -0.2) is 0 Å². The molecular formula is C12H18BrN3O. The second-order valence-electron chi connectivity index (χ2n) is 4.38. The summed E-state index contributed by atoms with van der Waals surface area (Å²) in [5, 5.41) is 3.38. The average Bonchev–Trinajstić information content (AvgIpc) is 2.28. The summed E-state index contributed by atoms with van der Waals surface area (Å²) in [6, 6.07) is 5.77. The predicted octanol–water partition coefficient (Wildman–Crippen LogP) is 1.77. The van der Waals surface area contributed by atoms with Crippen molar-refractivity contribution in [2.24, 2.45) is 0 Å². The van der Waals surface area contributed by atoms with Gasteiger partial charge in [0.25, 0.3) is 0 Å². The van der Waals surface area contributed by atoms with Crippen molar-refractivity contribution in [1.82, 2.24) is 4.90 Å². The second kappa shape index (κ2) is 5.71. The number of rotatable bonds is 3. The first kappa shape index (κ1) is 12.7. The summed E-state index contributed by atoms with van der Waals surface area (Å²) in [5.41, 5.74) is 7.51. The van der Waals surface area contributed by atoms with E-state index in [1.807, 2.05) is 18.2 Å². The summed E-state index contributed by atoms with van der Waals surface area (Å²) in [6.07, 6.45) is 0.248. The lowest BCUT2D eigenvalue weighted by atomic mass is 10.2. The maximum atomic E-state index is 5.70. The normalized spacial score (nSPS) is 21.4. The fourth-order valence-electron chi connectivity index (χ4n) is 1.89. The Labute approximate surface area is 110 Å². The number of morpholine rings is 1. The minimum absolute atomic E-state index is 0.248. The van der Waals surface area contributed by atoms with Crippen LogP contribution in [0.1, 0.15) is 0 Å². The van der Waals surface area contributed by atoms with Gasteiger partial charge in [-0.3, -0.25) is 0 Å². The van der Waals surface area contributed by atoms with Crippen LogP contribution in [-0.2, 0) is 4.74 Å². The third-order valence-corrected chi connectivity index (χ3v) is 3.51. The van der Waals surface area contributed by atoms with Gasteiger partial charge in [0.2, 0.25) is 0 Å². The molecule has 5 heteroatoms. The molecule has 1 heterocycles. The molecule has 17 heavy (non-hydrogen) atoms. The quantitative estimate of drug-likeness (QED) is 0.836. The third-order valence-electron chi connectivity index (χ3n) is 2.86. The molecule has 2 rings (SSSR count). The van der Waals surface area contributed by atoms with Crippen LogP contribution in [0.15, 0.2) is 22.7 Å². The van der Waals surface area contributed by atoms with Crippen LogP contribution in [0.25, 0.3) is 0 Å². The van der Waals surface area contributed by atoms with Gasteiger partial charge in [-0.2, -0.15) is 0 Å². The average molecular weight is 300 g/mol. The van der Waals surface area contributed by atoms with Crippen LogP contribution in [0.5, 0.6) is 0 Å². The van der Waals surface area contributed by atoms with Crippen molar-refractivity contribution in [1.29, 1.82) is 0 Å². The molecule has 3 N–H and O–H groups in total. The maximum absolute atomic E-state index is 5.70. The Kier molecular flexibility index (Phi) is 4.25. The number of nitrogens with zero attached hydrogens (tertiary/aromatic N) is 1. The predicted molar refractivity (Wildman–Crippen MR) is 74.3 cm³/mol. The number of nitrogens with one attached hydrogen (secondary N) is 1. The molecule has 0 amide bonds. The van der Waals surface area contributed by atoms with Gasteiger partial charge in [0.15, 0.2) is 0 Å². The zero-order valence-electron chi connectivity index (χ0n) is 9.95. The number of ether oxygens (including phenoxy) is 1. The Morgan fingerprint density at radius 2 is 2.41 bits per heavy atom. The third kappa shape index (κ3) is 3.59. The lowest BCUT2D eigenvalue weighted by Crippen LogP contribution is -2.43. The van der Waals surface area contributed by atoms with Gasteiger partial charge < -0.3 is 20.7 Å². The molecular weight excluding hydrogens is 282 g/mol. The summed E-state index contributed by atoms with van der Waals surface area (Å²) in [6.45, 7) is 3.61. The topological polar surface area (TPSA) is 50.5 Å². The van der Waals surface area contributed by atoms with E-state index in [1.165, 1.54) is 0 Å². The molecule has 0 aliphatic carbocycles. The van der Waals surface area contributed by atoms with Crippen LogP contribution in [0.2, 0.25) is 0 Å². The Morgan fingerprint density at radius 1 is 1.59 bits per heavy atom. The van der Waals surface area contributed by atoms with Crippen LogP contribution in [0.4, 0.5) is 11.4 Å². The summed E-state index contributed by atoms with van der Waals surface area (Å²) in [5.74, 6) is 0. The zero-order chi connectivity index (χ0) is 12.3. The molecule has 0 saturated carbocycles. The van der Waals surface area contributed by atoms with E-state index in [0.717, 1.165) is 42.1 Å². The number of nitrogen functional groups attached to an aromatic ring is 1. The lowest BCUT2D eigenvalue weighted by molar-refractivity contribution is -0.0117. The maximum Gasteiger partial charge on any atom is 0.0874 e. The van der Waals surface area contributed by atoms with Crippen molar-refractivity contribution in [2.75, 3.05) is 44.3 Å². The molecule has 0 radical (unpaired) electrons. The monoisotopic (exact) mass is 299 g/mol. The van der Waals surface area contributed by atoms with E-state index in [2.05, 4.69) is 33.2 Å². The highest BCUT2D eigenvalue weighted by Gasteiger charge is 2.17. The first-order valence-electron chi connectivity index (χ1n) is 5.74. The first-order chi connectivity index (χ1) is 8.15. The summed E-state index contributed by atoms with van der Waals surface area (Å²) < 4.78 is 6.68. The van der Waals surface area contributed by atoms with Gasteiger partial charge in [-0.05, 0) is 41.2 Å². The fourth-order valence-corrected chi connectivity index (χ4v) is 2.43. The minimum Gasteiger partial charge on any atom is -0.399 e. The highest BCUT2D eigenvalue weighted by Crippen LogP contribution is 2.24. The van der Waals surface area contributed by atoms with Crippen molar-refractivity contribution in [2.45, 2.75) is 6.10 Å². The molecule has 1 saturated heterocycles. The molecule has 0 spiro atoms. The van der Waals surface area contributed by atoms with Crippen molar-refractivity contribution in [3.63, 3.8) is 0 Å². The molecule has 0 aromatic heterocycles. The molecule has 1 aromatic carbocycles. The number of benzene rings is 1. The number of halogens is 1. The van der Waals surface area contributed by atoms with E-state index in [-0.39, 0.29) is 6.10 Å². The van der Waals surface area contributed by atoms with Crippen LogP contribution in [-0.4, -0.2) is 44.3 Å². The fraction of sp³-hybridized carbons (Fsp3) is 0.500. The van der Waals surface area contributed by atoms with Crippen LogP contribution in [0, 0.1) is 0 Å². The lowest BCUT2D eigenvalue weighted by Gasteiger charge is -2.30. The molecule has 0 bridgehead atoms. The van der Waals surface area contributed by atoms with Gasteiger partial charge in [0, 0.05) is 35.5 Å². The Bertz CT molecular complexity index is 386. The largest absolute Gasteiger partial charge is 0.399 e. The highest BCUT2D eigenvalue weighted by molar-refractivity contribution is 9.10. The van der Waals surface area contributed by atoms with Crippen molar-refractivity contribution >= 4 is 27.3 Å². The Morgan fingerprint density at radius 3 is 3.12 bits per heavy atom. The molecule has 1 aliphatic rings. The van der Waals surface area contributed by atoms with E-state index >= 15 is 0 Å². The SMILES string of the molecule is CN1CCOC(CNc2ccc(N)cc2Br)C1. The van der Waals surface area contributed by atoms with Crippen molar-refractivity contribution in [3.8, 4) is 0 Å². The highest BCUT2D eigenvalue weighted by atomic mass is 79.9. The minimum atomic E-state index is 0.248. The van der Waals surface area contributed by atoms with E-state index in [9.17, 15) is 0 Å². The van der Waals surface area contributed by atoms with Crippen LogP contribution >= 0.6 is 15.9 Å². The number of hydrogen-bond acceptors (Lipinski definition) is 4. The van der Waals surface area contributed by atoms with Gasteiger partial charge in [0.05, 0.1) is 12.7 Å². The molecule has 4 nitrogen and oxygen atoms in total. The van der Waals surface area contributed by atoms with Crippen molar-refractivity contribution in [3.05, 3.63) is 22.7 Å². The summed E-state index contributed by atoms with van der Waals surface area (Å²) in [4.78, 5) is 2.29. The van der Waals surface area contributed by atoms with Crippen LogP contribution < -0.4 is 11.1 Å². The number of hydrogen-bond donors (Lipinski definition) is 2. The second-order valence-corrected chi connectivity index (χ2v) is 5.23. The van der Waals surface area contributed by atoms with E-state index in [0.29, 0.717) is 0 Å². The van der Waals surface area contributed by atoms with E-state index < -0.39 is 0 Å². The smallest absolute Gasteiger partial charge is 0.0874 e. The summed E-state index contributed by atoms with van der Waals surface area (Å²) >= 11 is 3.49. The number of nitrogens with two attached hydrogens (primary N) is 1. The standard InChI is InChI=1S/C12H18BrN3O/c1-16-4-5-17-10(8-16)7-15-12-3-2-9(14)6-11(12)13/h2-3,6,10,15H,4-5,7-8,14H2,1H3. The van der Waals surface area contributed by atoms with E-state index in [1.54, 1.807) is 0 Å². The summed E-state index contributed by atoms with van der Waals surface area (Å²) in [7, 11) is 2.12. The molecule has 1 fully saturated rings. The first-order valence-corrected chi connectivity index (χ1v) is 6.53. The Hall–Kier alpha value is -0.780. The van der Waals surface area contributed by atoms with Gasteiger partial charge in [-0.1, -0.05) is 0 Å². The molecule has 1 atom stereocenters. The van der Waals surface area contributed by atoms with Gasteiger partial charge in [0.1, 0.15) is 0 Å². The molecule has 94 valence electrons. The number of likely N-dealkylation sites (N-methyl/N-ethyl adjacent to an activating group) is 1. The molecule has 1 aromatic rings. The molecule has 1 unspecified atom stereocenters. The van der Waals surface area contributed by atoms with Gasteiger partial charge >= 0.3 is 0 Å². The van der Waals surface area contributed by atoms with Crippen molar-refractivity contribution < 1.29 is 4.74 Å². The van der Waals surface area contributed by atoms with Gasteiger partial charge in [-0.15, -0.1) is 0 Å². The van der Waals surface area contributed by atoms with E-state index in [4.69, 9.17) is 10.5 Å². The zero-order valence-corrected chi connectivity index (χ0v) is 11.5. The van der Waals surface area contributed by atoms with Crippen LogP contribution in [0.3, 0.4) is 0 Å². The molecule has 1 aliphatic heterocycles. The number of anilines is 2.